The Balaban J connectivity index is 1.39. The van der Waals surface area contributed by atoms with Crippen LogP contribution in [0.1, 0.15) is 70.9 Å². The van der Waals surface area contributed by atoms with Gasteiger partial charge in [0.1, 0.15) is 48.9 Å². The molecule has 3 aromatic carbocycles. The third-order valence-electron chi connectivity index (χ3n) is 13.6. The molecule has 5 N–H and O–H groups in total. The molecule has 17 nitrogen and oxygen atoms in total. The first-order valence-electron chi connectivity index (χ1n) is 23.7. The number of carboxylic acids is 1. The molecule has 0 bridgehead atoms. The predicted molar refractivity (Wildman–Crippen MR) is 272 cm³/mol. The number of benzene rings is 3. The minimum absolute atomic E-state index is 0.0209. The normalized spacial score (nSPS) is 18.9. The van der Waals surface area contributed by atoms with Crippen molar-refractivity contribution in [2.24, 2.45) is 0 Å². The van der Waals surface area contributed by atoms with E-state index in [2.05, 4.69) is 57.5 Å². The van der Waals surface area contributed by atoms with Gasteiger partial charge in [-0.2, -0.15) is 0 Å². The number of hydrogen-bond acceptors (Lipinski definition) is 12. The lowest BCUT2D eigenvalue weighted by Gasteiger charge is -2.44. The van der Waals surface area contributed by atoms with Crippen molar-refractivity contribution in [3.8, 4) is 5.75 Å². The van der Waals surface area contributed by atoms with E-state index in [0.717, 1.165) is 15.7 Å². The van der Waals surface area contributed by atoms with Crippen molar-refractivity contribution in [3.05, 3.63) is 135 Å². The van der Waals surface area contributed by atoms with Crippen molar-refractivity contribution in [2.45, 2.75) is 147 Å². The van der Waals surface area contributed by atoms with Crippen molar-refractivity contribution >= 4 is 34.6 Å². The molecule has 1 fully saturated rings. The van der Waals surface area contributed by atoms with E-state index in [1.165, 1.54) is 16.8 Å². The molecule has 0 saturated carbocycles. The number of hydrogen-bond donors (Lipinski definition) is 5. The molecule has 1 aromatic heterocycles. The Kier molecular flexibility index (Phi) is 18.8. The quantitative estimate of drug-likeness (QED) is 0.0439. The summed E-state index contributed by atoms with van der Waals surface area (Å²) in [7, 11) is -3.97. The highest BCUT2D eigenvalue weighted by Gasteiger charge is 2.57. The minimum Gasteiger partial charge on any atom is -0.497 e. The van der Waals surface area contributed by atoms with Crippen LogP contribution in [0.2, 0.25) is 36.3 Å². The molecule has 5 rings (SSSR count). The average Bonchev–Trinajstić information content (AvgIpc) is 3.63. The lowest BCUT2D eigenvalue weighted by molar-refractivity contribution is -0.149. The summed E-state index contributed by atoms with van der Waals surface area (Å²) in [6.45, 7) is 20.6. The number of methoxy groups -OCH3 is 1. The molecule has 1 saturated heterocycles. The van der Waals surface area contributed by atoms with Crippen LogP contribution in [-0.2, 0) is 47.5 Å². The molecule has 0 radical (unpaired) electrons. The Morgan fingerprint density at radius 2 is 1.34 bits per heavy atom. The summed E-state index contributed by atoms with van der Waals surface area (Å²) >= 11 is 0. The summed E-state index contributed by atoms with van der Waals surface area (Å²) in [5.41, 5.74) is 1.03. The Labute approximate surface area is 413 Å². The third kappa shape index (κ3) is 14.4. The van der Waals surface area contributed by atoms with E-state index in [4.69, 9.17) is 23.1 Å². The lowest BCUT2D eigenvalue weighted by atomic mass is 9.99. The second-order valence-corrected chi connectivity index (χ2v) is 30.3. The highest BCUT2D eigenvalue weighted by molar-refractivity contribution is 6.74. The highest BCUT2D eigenvalue weighted by Crippen LogP contribution is 2.46. The maximum atomic E-state index is 14.5. The number of nitrogens with one attached hydrogen (secondary N) is 3. The van der Waals surface area contributed by atoms with E-state index in [-0.39, 0.29) is 49.2 Å². The first kappa shape index (κ1) is 55.5. The number of aliphatic hydroxyl groups is 1. The van der Waals surface area contributed by atoms with Crippen molar-refractivity contribution in [2.75, 3.05) is 20.2 Å². The highest BCUT2D eigenvalue weighted by atomic mass is 28.4. The van der Waals surface area contributed by atoms with Crippen LogP contribution in [0.5, 0.6) is 5.75 Å². The van der Waals surface area contributed by atoms with Gasteiger partial charge < -0.3 is 49.2 Å². The van der Waals surface area contributed by atoms with E-state index >= 15 is 0 Å². The number of alkyl carbamates (subject to hydrolysis) is 1. The summed E-state index contributed by atoms with van der Waals surface area (Å²) < 4.78 is 34.0. The Morgan fingerprint density at radius 3 is 1.90 bits per heavy atom. The number of ether oxygens (including phenoxy) is 3. The van der Waals surface area contributed by atoms with Gasteiger partial charge in [-0.25, -0.2) is 9.59 Å². The van der Waals surface area contributed by atoms with Gasteiger partial charge in [-0.1, -0.05) is 114 Å². The zero-order valence-electron chi connectivity index (χ0n) is 42.4. The molecule has 1 unspecified atom stereocenters. The zero-order valence-corrected chi connectivity index (χ0v) is 44.4. The lowest BCUT2D eigenvalue weighted by Crippen LogP contribution is -2.59. The topological polar surface area (TPSA) is 218 Å². The van der Waals surface area contributed by atoms with Crippen LogP contribution >= 0.6 is 0 Å². The van der Waals surface area contributed by atoms with Gasteiger partial charge >= 0.3 is 17.8 Å². The van der Waals surface area contributed by atoms with Gasteiger partial charge in [0.2, 0.25) is 5.91 Å². The molecule has 0 aliphatic carbocycles. The standard InChI is InChI=1S/C51H73N5O12Si2/c1-50(2,3)69(8,9)67-43-42(66-46(44(43)68-70(10,11)51(4,5)6)55-30-27-39(57)56(49(55)63)32-35-23-25-37(64-7)26-24-35)41(58)40(47(60)61)52-28-18-29-53-45(59)38(31-34-19-14-12-15-20-34)54-48(62)65-33-36-21-16-13-17-22-36/h12-17,19-27,30,38,40-44,46,52,58H,18,28-29,31-33H2,1-11H3,(H,53,59)(H,54,62)(H,60,61)/t38-,40-,41+,42?,43+,44+,46+/m0/s1. The maximum absolute atomic E-state index is 14.5. The maximum Gasteiger partial charge on any atom is 0.408 e. The summed E-state index contributed by atoms with van der Waals surface area (Å²) in [5.74, 6) is -1.23. The second kappa shape index (κ2) is 23.7. The molecular weight excluding hydrogens is 931 g/mol. The van der Waals surface area contributed by atoms with Crippen LogP contribution in [0.15, 0.2) is 107 Å². The molecule has 1 aliphatic heterocycles. The monoisotopic (exact) mass is 1000 g/mol. The molecule has 7 atom stereocenters. The van der Waals surface area contributed by atoms with Gasteiger partial charge in [0.25, 0.3) is 5.56 Å². The Hall–Kier alpha value is -5.42. The Bertz CT molecular complexity index is 2470. The number of carboxylic acid groups (broad SMARTS) is 1. The van der Waals surface area contributed by atoms with Gasteiger partial charge in [-0.15, -0.1) is 0 Å². The summed E-state index contributed by atoms with van der Waals surface area (Å²) in [5, 5.41) is 30.8. The number of aromatic nitrogens is 2. The fraction of sp³-hybridized carbons (Fsp3) is 0.510. The summed E-state index contributed by atoms with van der Waals surface area (Å²) in [6, 6.07) is 24.0. The average molecular weight is 1000 g/mol. The zero-order chi connectivity index (χ0) is 51.6. The first-order chi connectivity index (χ1) is 32.8. The number of aliphatic carboxylic acids is 1. The van der Waals surface area contributed by atoms with Crippen LogP contribution < -0.4 is 31.9 Å². The van der Waals surface area contributed by atoms with Crippen molar-refractivity contribution in [1.29, 1.82) is 0 Å². The predicted octanol–water partition coefficient (Wildman–Crippen LogP) is 6.19. The SMILES string of the molecule is COc1ccc(Cn2c(=O)ccn([C@@H]3OC([C@H](O)[C@H](NCCCNC(=O)[C@H](Cc4ccccc4)NC(=O)OCc4ccccc4)C(=O)O)[C@@H](O[Si](C)(C)C(C)(C)C)[C@H]3O[Si](C)(C)C(C)(C)C)c2=O)cc1. The van der Waals surface area contributed by atoms with Crippen LogP contribution in [0.4, 0.5) is 4.79 Å². The largest absolute Gasteiger partial charge is 0.497 e. The van der Waals surface area contributed by atoms with Crippen molar-refractivity contribution in [1.82, 2.24) is 25.1 Å². The molecule has 1 aliphatic rings. The van der Waals surface area contributed by atoms with Crippen molar-refractivity contribution in [3.63, 3.8) is 0 Å². The number of rotatable bonds is 22. The molecule has 2 heterocycles. The number of aliphatic hydroxyl groups excluding tert-OH is 1. The van der Waals surface area contributed by atoms with E-state index in [1.807, 2.05) is 86.9 Å². The summed E-state index contributed by atoms with van der Waals surface area (Å²) in [4.78, 5) is 67.4. The second-order valence-electron chi connectivity index (χ2n) is 20.8. The fourth-order valence-electron chi connectivity index (χ4n) is 7.43. The van der Waals surface area contributed by atoms with E-state index in [1.54, 1.807) is 31.4 Å². The third-order valence-corrected chi connectivity index (χ3v) is 22.6. The van der Waals surface area contributed by atoms with Crippen molar-refractivity contribution < 1.29 is 47.7 Å². The Morgan fingerprint density at radius 1 is 0.771 bits per heavy atom. The van der Waals surface area contributed by atoms with Crippen LogP contribution in [0.3, 0.4) is 0 Å². The number of carbonyl (C=O) groups is 3. The van der Waals surface area contributed by atoms with Gasteiger partial charge in [-0.05, 0) is 78.1 Å². The number of amides is 2. The number of nitrogens with zero attached hydrogens (tertiary/aromatic N) is 2. The molecule has 19 heteroatoms. The van der Waals surface area contributed by atoms with Gasteiger partial charge in [0, 0.05) is 25.2 Å². The molecule has 382 valence electrons. The van der Waals surface area contributed by atoms with Gasteiger partial charge in [0.15, 0.2) is 22.9 Å². The smallest absolute Gasteiger partial charge is 0.408 e. The molecule has 2 amide bonds. The van der Waals surface area contributed by atoms with Crippen LogP contribution in [0, 0.1) is 0 Å². The fourth-order valence-corrected chi connectivity index (χ4v) is 10.0. The van der Waals surface area contributed by atoms with Crippen LogP contribution in [-0.4, -0.2) is 111 Å². The number of carbonyl (C=O) groups excluding carboxylic acids is 2. The van der Waals surface area contributed by atoms with Gasteiger partial charge in [-0.3, -0.25) is 23.5 Å². The van der Waals surface area contributed by atoms with Gasteiger partial charge in [0.05, 0.1) is 13.7 Å². The van der Waals surface area contributed by atoms with E-state index < -0.39 is 88.6 Å². The minimum atomic E-state index is -2.77. The van der Waals surface area contributed by atoms with E-state index in [0.29, 0.717) is 11.3 Å². The summed E-state index contributed by atoms with van der Waals surface area (Å²) in [6.07, 6.45) is -5.44. The molecule has 0 spiro atoms. The molecule has 4 aromatic rings. The first-order valence-corrected chi connectivity index (χ1v) is 29.5. The van der Waals surface area contributed by atoms with E-state index in [9.17, 15) is 34.2 Å². The molecular formula is C51H73N5O12Si2. The van der Waals surface area contributed by atoms with Crippen LogP contribution in [0.25, 0.3) is 0 Å². The molecule has 70 heavy (non-hydrogen) atoms.